The van der Waals surface area contributed by atoms with E-state index in [9.17, 15) is 0 Å². The molecule has 3 rings (SSSR count). The smallest absolute Gasteiger partial charge is 0.0892 e. The maximum atomic E-state index is 4.39. The van der Waals surface area contributed by atoms with E-state index in [2.05, 4.69) is 53.6 Å². The lowest BCUT2D eigenvalue weighted by atomic mass is 10.0. The molecule has 0 atom stereocenters. The van der Waals surface area contributed by atoms with Crippen molar-refractivity contribution in [1.82, 2.24) is 0 Å². The highest BCUT2D eigenvalue weighted by Gasteiger charge is 2.05. The first-order valence-electron chi connectivity index (χ1n) is 6.76. The summed E-state index contributed by atoms with van der Waals surface area (Å²) in [5, 5.41) is 8.68. The van der Waals surface area contributed by atoms with Crippen molar-refractivity contribution in [2.24, 2.45) is 10.2 Å². The van der Waals surface area contributed by atoms with Crippen molar-refractivity contribution in [1.29, 1.82) is 0 Å². The molecule has 2 heteroatoms. The molecule has 0 amide bonds. The number of benzene rings is 2. The van der Waals surface area contributed by atoms with E-state index in [0.717, 1.165) is 23.4 Å². The van der Waals surface area contributed by atoms with Gasteiger partial charge < -0.3 is 0 Å². The van der Waals surface area contributed by atoms with Gasteiger partial charge in [-0.05, 0) is 48.2 Å². The summed E-state index contributed by atoms with van der Waals surface area (Å²) in [5.74, 6) is 0. The van der Waals surface area contributed by atoms with E-state index in [1.165, 1.54) is 11.1 Å². The Morgan fingerprint density at radius 1 is 0.950 bits per heavy atom. The van der Waals surface area contributed by atoms with Crippen molar-refractivity contribution in [3.8, 4) is 0 Å². The molecule has 20 heavy (non-hydrogen) atoms. The van der Waals surface area contributed by atoms with Crippen LogP contribution in [-0.2, 0) is 0 Å². The molecule has 0 aromatic heterocycles. The van der Waals surface area contributed by atoms with Crippen molar-refractivity contribution in [2.45, 2.75) is 13.3 Å². The molecule has 0 bridgehead atoms. The van der Waals surface area contributed by atoms with Crippen molar-refractivity contribution in [2.75, 3.05) is 0 Å². The highest BCUT2D eigenvalue weighted by Crippen LogP contribution is 2.29. The van der Waals surface area contributed by atoms with Crippen LogP contribution in [0.5, 0.6) is 0 Å². The van der Waals surface area contributed by atoms with Gasteiger partial charge in [-0.3, -0.25) is 0 Å². The van der Waals surface area contributed by atoms with Crippen LogP contribution in [0, 0.1) is 6.92 Å². The average molecular weight is 260 g/mol. The highest BCUT2D eigenvalue weighted by molar-refractivity contribution is 5.73. The molecule has 0 N–H and O–H groups in total. The van der Waals surface area contributed by atoms with E-state index < -0.39 is 0 Å². The van der Waals surface area contributed by atoms with Crippen LogP contribution in [0.25, 0.3) is 5.57 Å². The summed E-state index contributed by atoms with van der Waals surface area (Å²) in [5.41, 5.74) is 5.50. The van der Waals surface area contributed by atoms with Crippen LogP contribution < -0.4 is 0 Å². The number of allylic oxidation sites excluding steroid dienone is 4. The summed E-state index contributed by atoms with van der Waals surface area (Å²) in [6.07, 6.45) is 7.42. The van der Waals surface area contributed by atoms with Gasteiger partial charge in [-0.1, -0.05) is 48.6 Å². The monoisotopic (exact) mass is 260 g/mol. The molecule has 0 fully saturated rings. The van der Waals surface area contributed by atoms with Crippen LogP contribution in [-0.4, -0.2) is 0 Å². The first-order valence-corrected chi connectivity index (χ1v) is 6.76. The molecule has 0 heterocycles. The van der Waals surface area contributed by atoms with Crippen molar-refractivity contribution < 1.29 is 0 Å². The van der Waals surface area contributed by atoms with E-state index in [0.29, 0.717) is 0 Å². The molecular formula is C18H16N2. The molecule has 2 aromatic carbocycles. The highest BCUT2D eigenvalue weighted by atomic mass is 15.1. The Balaban J connectivity index is 1.89. The standard InChI is InChI=1S/C18H16N2/c1-14-11-12-16(15-7-5-6-8-15)13-18(14)20-19-17-9-3-2-4-10-17/h2-7,9-13H,8H2,1H3. The number of hydrogen-bond donors (Lipinski definition) is 0. The molecule has 0 spiro atoms. The van der Waals surface area contributed by atoms with Gasteiger partial charge in [0.2, 0.25) is 0 Å². The first-order chi connectivity index (χ1) is 9.83. The number of rotatable bonds is 3. The minimum atomic E-state index is 0.874. The largest absolute Gasteiger partial charge is 0.151 e. The normalized spacial score (nSPS) is 13.9. The van der Waals surface area contributed by atoms with Crippen LogP contribution in [0.3, 0.4) is 0 Å². The predicted octanol–water partition coefficient (Wildman–Crippen LogP) is 5.75. The van der Waals surface area contributed by atoms with Crippen LogP contribution in [0.2, 0.25) is 0 Å². The van der Waals surface area contributed by atoms with Gasteiger partial charge in [0.25, 0.3) is 0 Å². The lowest BCUT2D eigenvalue weighted by molar-refractivity contribution is 1.20. The SMILES string of the molecule is Cc1ccc(C2=CC=CC2)cc1N=Nc1ccccc1. The first kappa shape index (κ1) is 12.5. The molecule has 0 saturated carbocycles. The second-order valence-corrected chi connectivity index (χ2v) is 4.86. The van der Waals surface area contributed by atoms with Crippen molar-refractivity contribution in [3.05, 3.63) is 77.9 Å². The zero-order chi connectivity index (χ0) is 13.8. The summed E-state index contributed by atoms with van der Waals surface area (Å²) in [7, 11) is 0. The Bertz CT molecular complexity index is 695. The van der Waals surface area contributed by atoms with Gasteiger partial charge in [0.05, 0.1) is 11.4 Å². The lowest BCUT2D eigenvalue weighted by Gasteiger charge is -2.05. The summed E-state index contributed by atoms with van der Waals surface area (Å²) in [6.45, 7) is 2.06. The van der Waals surface area contributed by atoms with Gasteiger partial charge in [-0.2, -0.15) is 10.2 Å². The molecule has 0 saturated heterocycles. The van der Waals surface area contributed by atoms with Crippen molar-refractivity contribution >= 4 is 16.9 Å². The fourth-order valence-electron chi connectivity index (χ4n) is 2.18. The number of hydrogen-bond acceptors (Lipinski definition) is 2. The summed E-state index contributed by atoms with van der Waals surface area (Å²) < 4.78 is 0. The quantitative estimate of drug-likeness (QED) is 0.627. The second-order valence-electron chi connectivity index (χ2n) is 4.86. The van der Waals surface area contributed by atoms with E-state index in [1.54, 1.807) is 0 Å². The zero-order valence-electron chi connectivity index (χ0n) is 11.5. The maximum Gasteiger partial charge on any atom is 0.0892 e. The topological polar surface area (TPSA) is 24.7 Å². The van der Waals surface area contributed by atoms with E-state index in [1.807, 2.05) is 30.3 Å². The van der Waals surface area contributed by atoms with Crippen LogP contribution >= 0.6 is 0 Å². The second kappa shape index (κ2) is 5.66. The number of azo groups is 1. The van der Waals surface area contributed by atoms with Gasteiger partial charge >= 0.3 is 0 Å². The summed E-state index contributed by atoms with van der Waals surface area (Å²) in [4.78, 5) is 0. The molecule has 0 unspecified atom stereocenters. The third-order valence-electron chi connectivity index (χ3n) is 3.38. The lowest BCUT2D eigenvalue weighted by Crippen LogP contribution is -1.82. The molecule has 2 aromatic rings. The molecular weight excluding hydrogens is 244 g/mol. The molecule has 2 nitrogen and oxygen atoms in total. The van der Waals surface area contributed by atoms with Gasteiger partial charge in [0.1, 0.15) is 0 Å². The summed E-state index contributed by atoms with van der Waals surface area (Å²) in [6, 6.07) is 16.2. The average Bonchev–Trinajstić information content (AvgIpc) is 3.02. The molecule has 0 aliphatic heterocycles. The fourth-order valence-corrected chi connectivity index (χ4v) is 2.18. The van der Waals surface area contributed by atoms with E-state index >= 15 is 0 Å². The minimum absolute atomic E-state index is 0.874. The Hall–Kier alpha value is -2.48. The van der Waals surface area contributed by atoms with Gasteiger partial charge in [-0.25, -0.2) is 0 Å². The van der Waals surface area contributed by atoms with Crippen LogP contribution in [0.15, 0.2) is 77.0 Å². The maximum absolute atomic E-state index is 4.39. The third kappa shape index (κ3) is 2.75. The van der Waals surface area contributed by atoms with Gasteiger partial charge in [-0.15, -0.1) is 0 Å². The van der Waals surface area contributed by atoms with E-state index in [-0.39, 0.29) is 0 Å². The van der Waals surface area contributed by atoms with Crippen LogP contribution in [0.4, 0.5) is 11.4 Å². The fraction of sp³-hybridized carbons (Fsp3) is 0.111. The Morgan fingerprint density at radius 2 is 1.80 bits per heavy atom. The van der Waals surface area contributed by atoms with Crippen molar-refractivity contribution in [3.63, 3.8) is 0 Å². The summed E-state index contributed by atoms with van der Waals surface area (Å²) >= 11 is 0. The zero-order valence-corrected chi connectivity index (χ0v) is 11.5. The third-order valence-corrected chi connectivity index (χ3v) is 3.38. The molecule has 1 aliphatic carbocycles. The number of nitrogens with zero attached hydrogens (tertiary/aromatic N) is 2. The predicted molar refractivity (Wildman–Crippen MR) is 83.5 cm³/mol. The van der Waals surface area contributed by atoms with Gasteiger partial charge in [0.15, 0.2) is 0 Å². The van der Waals surface area contributed by atoms with Gasteiger partial charge in [0, 0.05) is 0 Å². The Morgan fingerprint density at radius 3 is 2.55 bits per heavy atom. The molecule has 1 aliphatic rings. The molecule has 98 valence electrons. The number of aryl methyl sites for hydroxylation is 1. The minimum Gasteiger partial charge on any atom is -0.151 e. The molecule has 0 radical (unpaired) electrons. The van der Waals surface area contributed by atoms with Crippen LogP contribution in [0.1, 0.15) is 17.5 Å². The Kier molecular flexibility index (Phi) is 3.55. The van der Waals surface area contributed by atoms with E-state index in [4.69, 9.17) is 0 Å². The Labute approximate surface area is 119 Å².